The summed E-state index contributed by atoms with van der Waals surface area (Å²) in [5.41, 5.74) is 5.59. The monoisotopic (exact) mass is 303 g/mol. The Kier molecular flexibility index (Phi) is 3.56. The lowest BCUT2D eigenvalue weighted by Gasteiger charge is -2.15. The van der Waals surface area contributed by atoms with Gasteiger partial charge in [0.15, 0.2) is 4.77 Å². The van der Waals surface area contributed by atoms with Crippen LogP contribution < -0.4 is 15.8 Å². The number of carbonyl (C=O) groups is 1. The number of carbonyl (C=O) groups excluding carboxylic acids is 1. The largest absolute Gasteiger partial charge is 0.385 e. The summed E-state index contributed by atoms with van der Waals surface area (Å²) in [6.45, 7) is 0.237. The summed E-state index contributed by atoms with van der Waals surface area (Å²) in [7, 11) is -3.60. The minimum absolute atomic E-state index is 0.114. The molecule has 1 unspecified atom stereocenters. The molecule has 1 aromatic heterocycles. The number of nitrogens with two attached hydrogens (primary N) is 2. The molecule has 5 N–H and O–H groups in total. The van der Waals surface area contributed by atoms with Gasteiger partial charge in [0, 0.05) is 24.9 Å². The lowest BCUT2D eigenvalue weighted by molar-refractivity contribution is -0.117. The number of amides is 1. The molecule has 1 aromatic rings. The van der Waals surface area contributed by atoms with E-state index in [1.807, 2.05) is 0 Å². The molecule has 0 aliphatic carbocycles. The quantitative estimate of drug-likeness (QED) is 0.636. The van der Waals surface area contributed by atoms with Crippen molar-refractivity contribution < 1.29 is 13.2 Å². The van der Waals surface area contributed by atoms with E-state index >= 15 is 0 Å². The highest BCUT2D eigenvalue weighted by Crippen LogP contribution is 2.24. The molecule has 1 amide bonds. The molecule has 19 heavy (non-hydrogen) atoms. The fraction of sp³-hybridized carbons (Fsp3) is 0.444. The molecule has 0 spiro atoms. The van der Waals surface area contributed by atoms with Gasteiger partial charge in [0.1, 0.15) is 11.6 Å². The van der Waals surface area contributed by atoms with Gasteiger partial charge >= 0.3 is 0 Å². The van der Waals surface area contributed by atoms with Crippen LogP contribution in [-0.2, 0) is 14.8 Å². The molecule has 104 valence electrons. The first-order valence-corrected chi connectivity index (χ1v) is 7.54. The second-order valence-corrected chi connectivity index (χ2v) is 6.45. The van der Waals surface area contributed by atoms with Crippen molar-refractivity contribution in [3.63, 3.8) is 0 Å². The SMILES string of the molecule is Nc1cc(N2CC(CS(N)(=O)=O)CC2=O)nc(=S)[nH]1. The number of nitrogens with zero attached hydrogens (tertiary/aromatic N) is 2. The minimum atomic E-state index is -3.60. The smallest absolute Gasteiger partial charge is 0.228 e. The molecule has 0 aromatic carbocycles. The Morgan fingerprint density at radius 2 is 2.26 bits per heavy atom. The van der Waals surface area contributed by atoms with E-state index in [4.69, 9.17) is 23.1 Å². The van der Waals surface area contributed by atoms with Crippen LogP contribution in [0.5, 0.6) is 0 Å². The van der Waals surface area contributed by atoms with Gasteiger partial charge in [-0.3, -0.25) is 9.69 Å². The normalized spacial score (nSPS) is 19.9. The van der Waals surface area contributed by atoms with Gasteiger partial charge in [-0.1, -0.05) is 0 Å². The molecule has 2 rings (SSSR count). The highest BCUT2D eigenvalue weighted by molar-refractivity contribution is 7.89. The Bertz CT molecular complexity index is 669. The van der Waals surface area contributed by atoms with Crippen LogP contribution in [0.15, 0.2) is 6.07 Å². The summed E-state index contributed by atoms with van der Waals surface area (Å²) in [5.74, 6) is -0.185. The van der Waals surface area contributed by atoms with Gasteiger partial charge in [-0.2, -0.15) is 0 Å². The zero-order chi connectivity index (χ0) is 14.2. The van der Waals surface area contributed by atoms with Crippen molar-refractivity contribution in [1.29, 1.82) is 0 Å². The summed E-state index contributed by atoms with van der Waals surface area (Å²) in [4.78, 5) is 19.9. The van der Waals surface area contributed by atoms with E-state index in [2.05, 4.69) is 9.97 Å². The van der Waals surface area contributed by atoms with E-state index in [1.165, 1.54) is 11.0 Å². The molecule has 8 nitrogen and oxygen atoms in total. The van der Waals surface area contributed by atoms with Crippen LogP contribution in [0.25, 0.3) is 0 Å². The summed E-state index contributed by atoms with van der Waals surface area (Å²) < 4.78 is 22.2. The highest BCUT2D eigenvalue weighted by atomic mass is 32.2. The number of H-pyrrole nitrogens is 1. The van der Waals surface area contributed by atoms with E-state index in [1.54, 1.807) is 0 Å². The van der Waals surface area contributed by atoms with E-state index in [9.17, 15) is 13.2 Å². The van der Waals surface area contributed by atoms with Gasteiger partial charge in [0.25, 0.3) is 0 Å². The highest BCUT2D eigenvalue weighted by Gasteiger charge is 2.33. The average molecular weight is 303 g/mol. The van der Waals surface area contributed by atoms with Crippen LogP contribution in [0.4, 0.5) is 11.6 Å². The Morgan fingerprint density at radius 1 is 1.58 bits per heavy atom. The molecule has 1 aliphatic heterocycles. The van der Waals surface area contributed by atoms with Crippen molar-refractivity contribution in [2.24, 2.45) is 11.1 Å². The number of aromatic nitrogens is 2. The van der Waals surface area contributed by atoms with Gasteiger partial charge in [-0.25, -0.2) is 18.5 Å². The Balaban J connectivity index is 2.22. The third-order valence-corrected chi connectivity index (χ3v) is 3.83. The third kappa shape index (κ3) is 3.49. The number of nitrogens with one attached hydrogen (secondary N) is 1. The van der Waals surface area contributed by atoms with Crippen LogP contribution in [0.3, 0.4) is 0 Å². The first-order chi connectivity index (χ1) is 8.74. The zero-order valence-electron chi connectivity index (χ0n) is 9.87. The number of primary sulfonamides is 1. The molecular formula is C9H13N5O3S2. The summed E-state index contributed by atoms with van der Waals surface area (Å²) in [6, 6.07) is 1.48. The topological polar surface area (TPSA) is 135 Å². The van der Waals surface area contributed by atoms with Crippen molar-refractivity contribution in [2.75, 3.05) is 22.9 Å². The maximum absolute atomic E-state index is 11.9. The first-order valence-electron chi connectivity index (χ1n) is 5.42. The molecule has 1 atom stereocenters. The number of hydrogen-bond donors (Lipinski definition) is 3. The van der Waals surface area contributed by atoms with E-state index in [0.717, 1.165) is 0 Å². The van der Waals surface area contributed by atoms with E-state index < -0.39 is 10.0 Å². The maximum Gasteiger partial charge on any atom is 0.228 e. The van der Waals surface area contributed by atoms with Crippen molar-refractivity contribution in [1.82, 2.24) is 9.97 Å². The Hall–Kier alpha value is -1.52. The third-order valence-electron chi connectivity index (χ3n) is 2.70. The predicted octanol–water partition coefficient (Wildman–Crippen LogP) is -0.637. The second kappa shape index (κ2) is 4.87. The summed E-state index contributed by atoms with van der Waals surface area (Å²) in [5, 5.41) is 4.98. The maximum atomic E-state index is 11.9. The van der Waals surface area contributed by atoms with Crippen LogP contribution in [0.1, 0.15) is 6.42 Å². The number of anilines is 2. The Morgan fingerprint density at radius 3 is 2.84 bits per heavy atom. The van der Waals surface area contributed by atoms with Crippen LogP contribution >= 0.6 is 12.2 Å². The van der Waals surface area contributed by atoms with E-state index in [-0.39, 0.29) is 41.1 Å². The van der Waals surface area contributed by atoms with Gasteiger partial charge in [0.05, 0.1) is 5.75 Å². The molecule has 0 radical (unpaired) electrons. The molecule has 0 bridgehead atoms. The predicted molar refractivity (Wildman–Crippen MR) is 72.3 cm³/mol. The average Bonchev–Trinajstić information content (AvgIpc) is 2.54. The van der Waals surface area contributed by atoms with Crippen molar-refractivity contribution >= 4 is 39.8 Å². The minimum Gasteiger partial charge on any atom is -0.385 e. The lowest BCUT2D eigenvalue weighted by Crippen LogP contribution is -2.28. The van der Waals surface area contributed by atoms with Gasteiger partial charge in [0.2, 0.25) is 15.9 Å². The Labute approximate surface area is 114 Å². The molecule has 1 fully saturated rings. The van der Waals surface area contributed by atoms with Crippen LogP contribution in [0.2, 0.25) is 0 Å². The summed E-state index contributed by atoms with van der Waals surface area (Å²) >= 11 is 4.88. The van der Waals surface area contributed by atoms with Gasteiger partial charge in [-0.15, -0.1) is 0 Å². The van der Waals surface area contributed by atoms with Crippen molar-refractivity contribution in [2.45, 2.75) is 6.42 Å². The molecule has 1 saturated heterocycles. The molecule has 2 heterocycles. The molecule has 1 aliphatic rings. The number of rotatable bonds is 3. The van der Waals surface area contributed by atoms with Crippen LogP contribution in [-0.4, -0.2) is 36.6 Å². The number of sulfonamides is 1. The van der Waals surface area contributed by atoms with Crippen LogP contribution in [0, 0.1) is 10.7 Å². The van der Waals surface area contributed by atoms with Crippen molar-refractivity contribution in [3.8, 4) is 0 Å². The fourth-order valence-corrected chi connectivity index (χ4v) is 3.14. The molecule has 10 heteroatoms. The fourth-order valence-electron chi connectivity index (χ4n) is 2.04. The van der Waals surface area contributed by atoms with Crippen molar-refractivity contribution in [3.05, 3.63) is 10.8 Å². The van der Waals surface area contributed by atoms with E-state index in [0.29, 0.717) is 5.82 Å². The second-order valence-electron chi connectivity index (χ2n) is 4.40. The molecular weight excluding hydrogens is 290 g/mol. The number of hydrogen-bond acceptors (Lipinski definition) is 6. The number of nitrogen functional groups attached to an aromatic ring is 1. The van der Waals surface area contributed by atoms with Gasteiger partial charge < -0.3 is 10.7 Å². The molecule has 0 saturated carbocycles. The first kappa shape index (κ1) is 13.9. The lowest BCUT2D eigenvalue weighted by atomic mass is 10.1. The number of aromatic amines is 1. The van der Waals surface area contributed by atoms with Gasteiger partial charge in [-0.05, 0) is 12.2 Å². The zero-order valence-corrected chi connectivity index (χ0v) is 11.5. The summed E-state index contributed by atoms with van der Waals surface area (Å²) in [6.07, 6.45) is 0.114. The standard InChI is InChI=1S/C9H13N5O3S2/c10-6-2-7(13-9(18)12-6)14-3-5(1-8(14)15)4-19(11,16)17/h2,5H,1,3-4H2,(H2,11,16,17)(H3,10,12,13,18).